The van der Waals surface area contributed by atoms with Crippen LogP contribution in [0.1, 0.15) is 38.5 Å². The van der Waals surface area contributed by atoms with E-state index >= 15 is 0 Å². The number of fused-ring (bicyclic) bond motifs is 1. The Morgan fingerprint density at radius 3 is 2.60 bits per heavy atom. The van der Waals surface area contributed by atoms with Crippen LogP contribution in [0.15, 0.2) is 0 Å². The fourth-order valence-corrected chi connectivity index (χ4v) is 5.08. The second-order valence-electron chi connectivity index (χ2n) is 6.47. The highest BCUT2D eigenvalue weighted by atomic mass is 15.1. The zero-order chi connectivity index (χ0) is 9.93. The van der Waals surface area contributed by atoms with Gasteiger partial charge in [-0.25, -0.2) is 0 Å². The van der Waals surface area contributed by atoms with Crippen LogP contribution >= 0.6 is 0 Å². The molecule has 2 nitrogen and oxygen atoms in total. The van der Waals surface area contributed by atoms with Gasteiger partial charge in [-0.1, -0.05) is 12.8 Å². The molecule has 0 amide bonds. The summed E-state index contributed by atoms with van der Waals surface area (Å²) >= 11 is 0. The van der Waals surface area contributed by atoms with Crippen LogP contribution in [0.5, 0.6) is 0 Å². The lowest BCUT2D eigenvalue weighted by Gasteiger charge is -2.36. The molecule has 0 radical (unpaired) electrons. The van der Waals surface area contributed by atoms with Crippen molar-refractivity contribution >= 4 is 0 Å². The van der Waals surface area contributed by atoms with Gasteiger partial charge in [0.15, 0.2) is 0 Å². The first-order valence-electron chi connectivity index (χ1n) is 6.80. The highest BCUT2D eigenvalue weighted by molar-refractivity contribution is 5.21. The highest BCUT2D eigenvalue weighted by Gasteiger charge is 2.66. The van der Waals surface area contributed by atoms with Gasteiger partial charge in [-0.15, -0.1) is 0 Å². The Morgan fingerprint density at radius 2 is 1.93 bits per heavy atom. The molecular formula is C13H22N2. The summed E-state index contributed by atoms with van der Waals surface area (Å²) in [6, 6.07) is 0.868. The Morgan fingerprint density at radius 1 is 1.07 bits per heavy atom. The van der Waals surface area contributed by atoms with E-state index in [2.05, 4.69) is 10.6 Å². The van der Waals surface area contributed by atoms with Gasteiger partial charge in [0, 0.05) is 18.0 Å². The summed E-state index contributed by atoms with van der Waals surface area (Å²) in [6.45, 7) is 3.89. The molecule has 2 saturated carbocycles. The molecule has 2 heterocycles. The fraction of sp³-hybridized carbons (Fsp3) is 1.00. The number of rotatable bonds is 1. The van der Waals surface area contributed by atoms with E-state index in [1.807, 2.05) is 0 Å². The van der Waals surface area contributed by atoms with Crippen LogP contribution in [0.2, 0.25) is 0 Å². The molecule has 4 rings (SSSR count). The second-order valence-corrected chi connectivity index (χ2v) is 6.47. The molecule has 2 aliphatic heterocycles. The van der Waals surface area contributed by atoms with Crippen LogP contribution in [0.3, 0.4) is 0 Å². The van der Waals surface area contributed by atoms with E-state index in [4.69, 9.17) is 0 Å². The minimum absolute atomic E-state index is 0.695. The minimum Gasteiger partial charge on any atom is -0.316 e. The molecule has 2 heteroatoms. The van der Waals surface area contributed by atoms with E-state index in [1.54, 1.807) is 0 Å². The van der Waals surface area contributed by atoms with Crippen molar-refractivity contribution in [3.63, 3.8) is 0 Å². The predicted molar refractivity (Wildman–Crippen MR) is 60.7 cm³/mol. The van der Waals surface area contributed by atoms with E-state index < -0.39 is 0 Å². The minimum atomic E-state index is 0.695. The average Bonchev–Trinajstić information content (AvgIpc) is 2.75. The van der Waals surface area contributed by atoms with Gasteiger partial charge in [0.05, 0.1) is 0 Å². The standard InChI is InChI=1S/C13H22N2/c1-2-4-12(3-1)5-6-15-11(12)13-7-10(13)8-14-9-13/h10-11,14-15H,1-9H2. The third-order valence-corrected chi connectivity index (χ3v) is 5.88. The summed E-state index contributed by atoms with van der Waals surface area (Å²) in [5.74, 6) is 1.02. The zero-order valence-electron chi connectivity index (χ0n) is 9.52. The lowest BCUT2D eigenvalue weighted by Crippen LogP contribution is -2.45. The van der Waals surface area contributed by atoms with E-state index in [0.29, 0.717) is 5.41 Å². The third kappa shape index (κ3) is 1.03. The third-order valence-electron chi connectivity index (χ3n) is 5.88. The summed E-state index contributed by atoms with van der Waals surface area (Å²) in [5, 5.41) is 7.48. The molecule has 2 saturated heterocycles. The fourth-order valence-electron chi connectivity index (χ4n) is 5.08. The van der Waals surface area contributed by atoms with Gasteiger partial charge in [0.2, 0.25) is 0 Å². The van der Waals surface area contributed by atoms with Crippen molar-refractivity contribution < 1.29 is 0 Å². The van der Waals surface area contributed by atoms with Crippen LogP contribution in [-0.4, -0.2) is 25.7 Å². The summed E-state index contributed by atoms with van der Waals surface area (Å²) in [5.41, 5.74) is 1.42. The van der Waals surface area contributed by atoms with Gasteiger partial charge >= 0.3 is 0 Å². The van der Waals surface area contributed by atoms with Gasteiger partial charge < -0.3 is 10.6 Å². The topological polar surface area (TPSA) is 24.1 Å². The second kappa shape index (κ2) is 2.78. The van der Waals surface area contributed by atoms with Gasteiger partial charge in [-0.3, -0.25) is 0 Å². The van der Waals surface area contributed by atoms with Gasteiger partial charge in [-0.2, -0.15) is 0 Å². The van der Waals surface area contributed by atoms with Crippen LogP contribution in [0.4, 0.5) is 0 Å². The van der Waals surface area contributed by atoms with Crippen LogP contribution in [0, 0.1) is 16.7 Å². The van der Waals surface area contributed by atoms with E-state index in [9.17, 15) is 0 Å². The summed E-state index contributed by atoms with van der Waals surface area (Å²) in [4.78, 5) is 0. The molecular weight excluding hydrogens is 184 g/mol. The normalized spacial score (nSPS) is 51.2. The van der Waals surface area contributed by atoms with Crippen molar-refractivity contribution in [1.29, 1.82) is 0 Å². The SMILES string of the molecule is C1CCC2(C1)CCNC2C12CNCC1C2. The Hall–Kier alpha value is -0.0800. The molecule has 3 unspecified atom stereocenters. The lowest BCUT2D eigenvalue weighted by atomic mass is 9.72. The smallest absolute Gasteiger partial charge is 0.0196 e. The molecule has 2 aliphatic carbocycles. The Kier molecular flexibility index (Phi) is 1.67. The molecule has 0 aromatic rings. The Bertz CT molecular complexity index is 277. The molecule has 2 N–H and O–H groups in total. The average molecular weight is 206 g/mol. The first kappa shape index (κ1) is 9.00. The zero-order valence-corrected chi connectivity index (χ0v) is 9.52. The summed E-state index contributed by atoms with van der Waals surface area (Å²) < 4.78 is 0. The molecule has 0 aromatic heterocycles. The number of nitrogens with one attached hydrogen (secondary N) is 2. The van der Waals surface area contributed by atoms with Crippen molar-refractivity contribution in [2.24, 2.45) is 16.7 Å². The quantitative estimate of drug-likeness (QED) is 0.680. The maximum Gasteiger partial charge on any atom is 0.0196 e. The predicted octanol–water partition coefficient (Wildman–Crippen LogP) is 1.52. The van der Waals surface area contributed by atoms with Crippen LogP contribution in [0.25, 0.3) is 0 Å². The Balaban J connectivity index is 1.65. The molecule has 4 aliphatic rings. The van der Waals surface area contributed by atoms with E-state index in [1.165, 1.54) is 58.2 Å². The maximum atomic E-state index is 3.87. The van der Waals surface area contributed by atoms with Crippen molar-refractivity contribution in [3.05, 3.63) is 0 Å². The molecule has 3 atom stereocenters. The molecule has 1 spiro atoms. The molecule has 0 bridgehead atoms. The van der Waals surface area contributed by atoms with Crippen molar-refractivity contribution in [3.8, 4) is 0 Å². The summed E-state index contributed by atoms with van der Waals surface area (Å²) in [6.07, 6.45) is 8.99. The van der Waals surface area contributed by atoms with Crippen molar-refractivity contribution in [1.82, 2.24) is 10.6 Å². The Labute approximate surface area is 92.2 Å². The van der Waals surface area contributed by atoms with Crippen molar-refractivity contribution in [2.45, 2.75) is 44.6 Å². The molecule has 84 valence electrons. The first-order valence-corrected chi connectivity index (χ1v) is 6.80. The number of hydrogen-bond acceptors (Lipinski definition) is 2. The number of hydrogen-bond donors (Lipinski definition) is 2. The van der Waals surface area contributed by atoms with Gasteiger partial charge in [-0.05, 0) is 50.1 Å². The van der Waals surface area contributed by atoms with E-state index in [-0.39, 0.29) is 0 Å². The van der Waals surface area contributed by atoms with Gasteiger partial charge in [0.25, 0.3) is 0 Å². The van der Waals surface area contributed by atoms with Crippen LogP contribution in [-0.2, 0) is 0 Å². The van der Waals surface area contributed by atoms with Gasteiger partial charge in [0.1, 0.15) is 0 Å². The van der Waals surface area contributed by atoms with Crippen LogP contribution < -0.4 is 10.6 Å². The molecule has 0 aromatic carbocycles. The molecule has 15 heavy (non-hydrogen) atoms. The summed E-state index contributed by atoms with van der Waals surface area (Å²) in [7, 11) is 0. The molecule has 4 fully saturated rings. The maximum absolute atomic E-state index is 3.87. The highest BCUT2D eigenvalue weighted by Crippen LogP contribution is 2.64. The van der Waals surface area contributed by atoms with E-state index in [0.717, 1.165) is 17.4 Å². The monoisotopic (exact) mass is 206 g/mol. The van der Waals surface area contributed by atoms with Crippen molar-refractivity contribution in [2.75, 3.05) is 19.6 Å². The largest absolute Gasteiger partial charge is 0.316 e. The lowest BCUT2D eigenvalue weighted by molar-refractivity contribution is 0.178. The number of piperidine rings is 1. The first-order chi connectivity index (χ1) is 7.36.